The highest BCUT2D eigenvalue weighted by Gasteiger charge is 2.40. The second-order valence-corrected chi connectivity index (χ2v) is 2.74. The fourth-order valence-electron chi connectivity index (χ4n) is 1.09. The summed E-state index contributed by atoms with van der Waals surface area (Å²) in [6.07, 6.45) is -1.94. The van der Waals surface area contributed by atoms with Crippen LogP contribution in [0.15, 0.2) is 0 Å². The number of aliphatic hydroxyl groups is 4. The molecule has 1 saturated heterocycles. The molecule has 1 fully saturated rings. The Morgan fingerprint density at radius 1 is 1.55 bits per heavy atom. The fourth-order valence-corrected chi connectivity index (χ4v) is 1.09. The van der Waals surface area contributed by atoms with E-state index in [0.717, 1.165) is 0 Å². The molecule has 1 unspecified atom stereocenters. The van der Waals surface area contributed by atoms with Crippen molar-refractivity contribution >= 4 is 0 Å². The van der Waals surface area contributed by atoms with Gasteiger partial charge in [0.1, 0.15) is 7.64 Å². The number of rotatable bonds is 1. The van der Waals surface area contributed by atoms with Gasteiger partial charge in [0.2, 0.25) is 0 Å². The van der Waals surface area contributed by atoms with Crippen LogP contribution in [0.2, 0.25) is 1.41 Å². The molecule has 0 aromatic carbocycles. The van der Waals surface area contributed by atoms with Gasteiger partial charge < -0.3 is 20.4 Å². The van der Waals surface area contributed by atoms with E-state index >= 15 is 0 Å². The second-order valence-electron chi connectivity index (χ2n) is 2.74. The summed E-state index contributed by atoms with van der Waals surface area (Å²) in [4.78, 5) is 0. The van der Waals surface area contributed by atoms with E-state index in [4.69, 9.17) is 11.6 Å². The molecular formula is C6H13NO4. The number of aliphatic hydroxyl groups excluding tert-OH is 3. The topological polar surface area (TPSA) is 93.0 Å². The maximum atomic E-state index is 9.47. The lowest BCUT2D eigenvalue weighted by atomic mass is 9.97. The highest BCUT2D eigenvalue weighted by molar-refractivity contribution is 4.88. The molecule has 1 heterocycles. The molecule has 0 bridgehead atoms. The monoisotopic (exact) mass is 164 g/mol. The number of hydrogen-bond acceptors (Lipinski definition) is 5. The van der Waals surface area contributed by atoms with Gasteiger partial charge in [-0.1, -0.05) is 0 Å². The third-order valence-corrected chi connectivity index (χ3v) is 1.84. The Kier molecular flexibility index (Phi) is 2.06. The molecule has 66 valence electrons. The summed E-state index contributed by atoms with van der Waals surface area (Å²) in [5.41, 5.74) is -2.03. The van der Waals surface area contributed by atoms with Gasteiger partial charge in [-0.15, -0.1) is 0 Å². The normalized spacial score (nSPS) is 48.9. The van der Waals surface area contributed by atoms with Gasteiger partial charge in [0, 0.05) is 0 Å². The molecule has 0 aromatic rings. The molecule has 0 amide bonds. The van der Waals surface area contributed by atoms with Crippen molar-refractivity contribution < 1.29 is 21.8 Å². The lowest BCUT2D eigenvalue weighted by molar-refractivity contribution is -0.174. The van der Waals surface area contributed by atoms with E-state index in [1.165, 1.54) is 0 Å². The van der Waals surface area contributed by atoms with E-state index in [9.17, 15) is 10.2 Å². The molecule has 0 saturated carbocycles. The summed E-state index contributed by atoms with van der Waals surface area (Å²) in [5, 5.41) is 37.0. The SMILES string of the molecule is [2H]N1C(O)CC[C@H](O)[C@]1(O)CO. The van der Waals surface area contributed by atoms with Crippen molar-refractivity contribution in [2.24, 2.45) is 0 Å². The van der Waals surface area contributed by atoms with Gasteiger partial charge in [-0.25, -0.2) is 0 Å². The van der Waals surface area contributed by atoms with Gasteiger partial charge in [-0.3, -0.25) is 5.31 Å². The summed E-state index contributed by atoms with van der Waals surface area (Å²) in [7, 11) is 0. The van der Waals surface area contributed by atoms with Crippen LogP contribution < -0.4 is 5.31 Å². The van der Waals surface area contributed by atoms with E-state index in [-0.39, 0.29) is 12.8 Å². The van der Waals surface area contributed by atoms with Crippen LogP contribution in [0, 0.1) is 0 Å². The lowest BCUT2D eigenvalue weighted by Gasteiger charge is -2.38. The van der Waals surface area contributed by atoms with Crippen LogP contribution in [-0.4, -0.2) is 45.1 Å². The van der Waals surface area contributed by atoms with Gasteiger partial charge in [-0.05, 0) is 12.8 Å². The van der Waals surface area contributed by atoms with Gasteiger partial charge in [0.25, 0.3) is 0 Å². The van der Waals surface area contributed by atoms with Crippen molar-refractivity contribution in [3.63, 3.8) is 0 Å². The molecule has 3 atom stereocenters. The van der Waals surface area contributed by atoms with Gasteiger partial charge in [0.15, 0.2) is 5.72 Å². The molecule has 0 aromatic heterocycles. The number of hydrogen-bond donors (Lipinski definition) is 5. The van der Waals surface area contributed by atoms with Crippen LogP contribution in [0.5, 0.6) is 0 Å². The Morgan fingerprint density at radius 2 is 2.18 bits per heavy atom. The molecule has 1 aliphatic rings. The fraction of sp³-hybridized carbons (Fsp3) is 1.00. The van der Waals surface area contributed by atoms with Gasteiger partial charge in [-0.2, -0.15) is 0 Å². The summed E-state index contributed by atoms with van der Waals surface area (Å²) in [5.74, 6) is 0. The molecule has 0 aliphatic carbocycles. The smallest absolute Gasteiger partial charge is 0.167 e. The molecule has 5 heteroatoms. The highest BCUT2D eigenvalue weighted by Crippen LogP contribution is 2.19. The predicted octanol–water partition coefficient (Wildman–Crippen LogP) is -2.27. The van der Waals surface area contributed by atoms with Crippen molar-refractivity contribution in [1.29, 1.82) is 0 Å². The van der Waals surface area contributed by atoms with Gasteiger partial charge >= 0.3 is 0 Å². The van der Waals surface area contributed by atoms with Crippen molar-refractivity contribution in [2.45, 2.75) is 30.9 Å². The molecule has 1 aliphatic heterocycles. The Morgan fingerprint density at radius 3 is 2.64 bits per heavy atom. The Bertz CT molecular complexity index is 170. The third-order valence-electron chi connectivity index (χ3n) is 1.84. The van der Waals surface area contributed by atoms with Crippen LogP contribution >= 0.6 is 0 Å². The van der Waals surface area contributed by atoms with Crippen LogP contribution in [0.25, 0.3) is 0 Å². The Hall–Kier alpha value is -0.200. The number of piperidine rings is 1. The average molecular weight is 164 g/mol. The lowest BCUT2D eigenvalue weighted by Crippen LogP contribution is -2.63. The van der Waals surface area contributed by atoms with E-state index in [2.05, 4.69) is 0 Å². The van der Waals surface area contributed by atoms with Crippen LogP contribution in [0.3, 0.4) is 0 Å². The summed E-state index contributed by atoms with van der Waals surface area (Å²) in [6, 6.07) is 0. The van der Waals surface area contributed by atoms with Crippen LogP contribution in [-0.2, 0) is 0 Å². The third kappa shape index (κ3) is 1.69. The summed E-state index contributed by atoms with van der Waals surface area (Å²) < 4.78 is 7.18. The van der Waals surface area contributed by atoms with Crippen molar-refractivity contribution in [3.05, 3.63) is 0 Å². The Labute approximate surface area is 65.7 Å². The first-order valence-corrected chi connectivity index (χ1v) is 3.50. The maximum absolute atomic E-state index is 9.47. The van der Waals surface area contributed by atoms with Crippen molar-refractivity contribution in [1.82, 2.24) is 5.31 Å². The minimum atomic E-state index is -2.03. The van der Waals surface area contributed by atoms with Gasteiger partial charge in [0.05, 0.1) is 12.7 Å². The predicted molar refractivity (Wildman–Crippen MR) is 36.4 cm³/mol. The molecule has 11 heavy (non-hydrogen) atoms. The highest BCUT2D eigenvalue weighted by atomic mass is 16.4. The Balaban J connectivity index is 2.78. The van der Waals surface area contributed by atoms with E-state index in [1.807, 2.05) is 0 Å². The largest absolute Gasteiger partial charge is 0.392 e. The molecule has 5 N–H and O–H groups in total. The van der Waals surface area contributed by atoms with E-state index in [0.29, 0.717) is 5.31 Å². The molecule has 5 nitrogen and oxygen atoms in total. The molecular weight excluding hydrogens is 150 g/mol. The maximum Gasteiger partial charge on any atom is 0.167 e. The standard InChI is InChI=1S/C6H13NO4/c8-3-6(11)4(9)1-2-5(10)7-6/h4-5,7-11H,1-3H2/t4-,5?,6+/m0/s1/i/hD. The molecule has 0 radical (unpaired) electrons. The number of nitrogens with one attached hydrogen (secondary N) is 1. The zero-order chi connectivity index (χ0) is 9.35. The first-order chi connectivity index (χ1) is 5.52. The summed E-state index contributed by atoms with van der Waals surface area (Å²) >= 11 is 0. The zero-order valence-electron chi connectivity index (χ0n) is 7.01. The van der Waals surface area contributed by atoms with E-state index in [1.54, 1.807) is 0 Å². The van der Waals surface area contributed by atoms with Crippen molar-refractivity contribution in [2.75, 3.05) is 6.61 Å². The quantitative estimate of drug-likeness (QED) is 0.301. The average Bonchev–Trinajstić information content (AvgIpc) is 2.08. The minimum Gasteiger partial charge on any atom is -0.392 e. The second kappa shape index (κ2) is 3.04. The first-order valence-electron chi connectivity index (χ1n) is 3.94. The van der Waals surface area contributed by atoms with Crippen LogP contribution in [0.4, 0.5) is 0 Å². The minimum absolute atomic E-state index is 0.174. The molecule has 0 spiro atoms. The first kappa shape index (κ1) is 7.45. The van der Waals surface area contributed by atoms with E-state index < -0.39 is 24.7 Å². The summed E-state index contributed by atoms with van der Waals surface area (Å²) in [6.45, 7) is -0.769. The van der Waals surface area contributed by atoms with Crippen molar-refractivity contribution in [3.8, 4) is 0 Å². The van der Waals surface area contributed by atoms with Crippen LogP contribution in [0.1, 0.15) is 12.8 Å². The zero-order valence-corrected chi connectivity index (χ0v) is 6.01. The molecule has 1 rings (SSSR count).